The van der Waals surface area contributed by atoms with Gasteiger partial charge in [-0.05, 0) is 49.2 Å². The van der Waals surface area contributed by atoms with Crippen LogP contribution in [0, 0.1) is 0 Å². The molecule has 0 fully saturated rings. The number of benzene rings is 2. The number of fused-ring (bicyclic) bond motifs is 2. The first-order valence-corrected chi connectivity index (χ1v) is 13.1. The number of carbonyl (C=O) groups excluding carboxylic acids is 1. The molecule has 3 aliphatic rings. The second-order valence-corrected chi connectivity index (χ2v) is 10.00. The smallest absolute Gasteiger partial charge is 0.265 e. The Morgan fingerprint density at radius 3 is 2.69 bits per heavy atom. The van der Waals surface area contributed by atoms with E-state index in [0.717, 1.165) is 72.4 Å². The van der Waals surface area contributed by atoms with Crippen LogP contribution in [0.5, 0.6) is 11.5 Å². The molecule has 0 saturated heterocycles. The van der Waals surface area contributed by atoms with E-state index in [-0.39, 0.29) is 29.5 Å². The van der Waals surface area contributed by atoms with E-state index in [2.05, 4.69) is 15.3 Å². The Hall–Kier alpha value is -1.87. The van der Waals surface area contributed by atoms with Gasteiger partial charge in [0.2, 0.25) is 0 Å². The second kappa shape index (κ2) is 11.9. The molecular formula is C25H26BrCl2N3O3S. The van der Waals surface area contributed by atoms with Crippen molar-refractivity contribution < 1.29 is 14.3 Å². The molecule has 0 aromatic heterocycles. The number of hydrogen-bond acceptors (Lipinski definition) is 6. The predicted molar refractivity (Wildman–Crippen MR) is 150 cm³/mol. The van der Waals surface area contributed by atoms with Crippen LogP contribution in [-0.4, -0.2) is 48.8 Å². The Morgan fingerprint density at radius 2 is 1.86 bits per heavy atom. The third kappa shape index (κ3) is 5.93. The molecule has 3 aliphatic heterocycles. The summed E-state index contributed by atoms with van der Waals surface area (Å²) in [6, 6.07) is 11.2. The summed E-state index contributed by atoms with van der Waals surface area (Å²) in [4.78, 5) is 21.2. The molecule has 0 saturated carbocycles. The molecule has 6 nitrogen and oxygen atoms in total. The van der Waals surface area contributed by atoms with E-state index in [9.17, 15) is 4.79 Å². The summed E-state index contributed by atoms with van der Waals surface area (Å²) in [6.07, 6.45) is 3.89. The molecule has 0 aliphatic carbocycles. The van der Waals surface area contributed by atoms with Gasteiger partial charge in [-0.15, -0.1) is 17.0 Å². The van der Waals surface area contributed by atoms with Crippen molar-refractivity contribution >= 4 is 74.4 Å². The summed E-state index contributed by atoms with van der Waals surface area (Å²) in [6.45, 7) is 2.97. The zero-order valence-electron chi connectivity index (χ0n) is 19.0. The highest BCUT2D eigenvalue weighted by atomic mass is 79.9. The van der Waals surface area contributed by atoms with Crippen molar-refractivity contribution in [3.8, 4) is 11.5 Å². The standard InChI is InChI=1S/C25H25Cl2N3O3S.BrH/c26-17-5-7-19(8-6-17)32-12-4-2-1-3-10-29-21-14-18(27)13-20(24(21)33-15-23(29)31)22-16-34-25-28-9-11-30(22)25;/h5-8,13-14,16H,1-4,9-12,15H2;1H. The number of amides is 1. The Morgan fingerprint density at radius 1 is 1.06 bits per heavy atom. The van der Waals surface area contributed by atoms with Gasteiger partial charge in [-0.3, -0.25) is 9.79 Å². The number of anilines is 1. The maximum absolute atomic E-state index is 12.7. The first kappa shape index (κ1) is 26.2. The van der Waals surface area contributed by atoms with Gasteiger partial charge in [0.15, 0.2) is 17.5 Å². The lowest BCUT2D eigenvalue weighted by Gasteiger charge is -2.32. The number of nitrogens with zero attached hydrogens (tertiary/aromatic N) is 3. The number of amidine groups is 1. The molecule has 3 heterocycles. The van der Waals surface area contributed by atoms with Gasteiger partial charge in [0, 0.05) is 34.1 Å². The first-order chi connectivity index (χ1) is 16.6. The number of ether oxygens (including phenoxy) is 2. The second-order valence-electron chi connectivity index (χ2n) is 8.29. The van der Waals surface area contributed by atoms with Crippen LogP contribution in [0.1, 0.15) is 31.2 Å². The molecule has 0 atom stereocenters. The Kier molecular flexibility index (Phi) is 8.92. The van der Waals surface area contributed by atoms with Gasteiger partial charge in [-0.1, -0.05) is 47.8 Å². The highest BCUT2D eigenvalue weighted by Crippen LogP contribution is 2.45. The molecule has 10 heteroatoms. The number of carbonyl (C=O) groups is 1. The van der Waals surface area contributed by atoms with Crippen LogP contribution in [0.3, 0.4) is 0 Å². The molecule has 5 rings (SSSR count). The minimum Gasteiger partial charge on any atom is -0.494 e. The molecule has 35 heavy (non-hydrogen) atoms. The maximum Gasteiger partial charge on any atom is 0.265 e. The van der Waals surface area contributed by atoms with Crippen molar-refractivity contribution in [2.75, 3.05) is 37.7 Å². The van der Waals surface area contributed by atoms with E-state index in [1.54, 1.807) is 11.8 Å². The van der Waals surface area contributed by atoms with Gasteiger partial charge in [0.1, 0.15) is 5.75 Å². The summed E-state index contributed by atoms with van der Waals surface area (Å²) < 4.78 is 11.7. The van der Waals surface area contributed by atoms with Crippen molar-refractivity contribution in [1.82, 2.24) is 4.90 Å². The van der Waals surface area contributed by atoms with E-state index in [4.69, 9.17) is 32.7 Å². The molecule has 0 unspecified atom stereocenters. The average Bonchev–Trinajstić information content (AvgIpc) is 3.44. The van der Waals surface area contributed by atoms with Crippen LogP contribution in [0.2, 0.25) is 10.0 Å². The van der Waals surface area contributed by atoms with Gasteiger partial charge < -0.3 is 19.3 Å². The molecule has 1 amide bonds. The van der Waals surface area contributed by atoms with Crippen molar-refractivity contribution in [3.63, 3.8) is 0 Å². The van der Waals surface area contributed by atoms with E-state index in [1.807, 2.05) is 41.3 Å². The normalized spacial score (nSPS) is 16.2. The summed E-state index contributed by atoms with van der Waals surface area (Å²) in [5, 5.41) is 4.38. The number of rotatable bonds is 9. The lowest BCUT2D eigenvalue weighted by molar-refractivity contribution is -0.121. The van der Waals surface area contributed by atoms with E-state index in [1.165, 1.54) is 0 Å². The topological polar surface area (TPSA) is 54.4 Å². The lowest BCUT2D eigenvalue weighted by Crippen LogP contribution is -2.40. The van der Waals surface area contributed by atoms with Gasteiger partial charge in [-0.2, -0.15) is 0 Å². The average molecular weight is 599 g/mol. The molecule has 2 aromatic rings. The fraction of sp³-hybridized carbons (Fsp3) is 0.360. The number of aliphatic imine (C=N–C) groups is 1. The molecule has 2 aromatic carbocycles. The summed E-state index contributed by atoms with van der Waals surface area (Å²) >= 11 is 14.0. The minimum absolute atomic E-state index is 0. The molecule has 0 spiro atoms. The zero-order chi connectivity index (χ0) is 23.5. The van der Waals surface area contributed by atoms with Crippen molar-refractivity contribution in [1.29, 1.82) is 0 Å². The monoisotopic (exact) mass is 597 g/mol. The first-order valence-electron chi connectivity index (χ1n) is 11.4. The quantitative estimate of drug-likeness (QED) is 0.302. The van der Waals surface area contributed by atoms with Crippen LogP contribution in [0.15, 0.2) is 46.8 Å². The van der Waals surface area contributed by atoms with Crippen molar-refractivity contribution in [2.24, 2.45) is 4.99 Å². The van der Waals surface area contributed by atoms with Crippen LogP contribution in [0.25, 0.3) is 5.70 Å². The predicted octanol–water partition coefficient (Wildman–Crippen LogP) is 6.65. The molecule has 0 bridgehead atoms. The summed E-state index contributed by atoms with van der Waals surface area (Å²) in [5.74, 6) is 1.51. The molecule has 0 radical (unpaired) electrons. The number of unbranched alkanes of at least 4 members (excludes halogenated alkanes) is 3. The zero-order valence-corrected chi connectivity index (χ0v) is 23.1. The van der Waals surface area contributed by atoms with Crippen LogP contribution in [0.4, 0.5) is 5.69 Å². The van der Waals surface area contributed by atoms with Crippen LogP contribution < -0.4 is 14.4 Å². The molecule has 0 N–H and O–H groups in total. The Bertz CT molecular complexity index is 1140. The summed E-state index contributed by atoms with van der Waals surface area (Å²) in [7, 11) is 0. The Labute approximate surface area is 230 Å². The largest absolute Gasteiger partial charge is 0.494 e. The number of thioether (sulfide) groups is 1. The van der Waals surface area contributed by atoms with Gasteiger partial charge in [0.25, 0.3) is 5.91 Å². The van der Waals surface area contributed by atoms with Crippen LogP contribution >= 0.6 is 51.9 Å². The third-order valence-corrected chi connectivity index (χ3v) is 7.34. The van der Waals surface area contributed by atoms with Crippen molar-refractivity contribution in [3.05, 3.63) is 57.4 Å². The van der Waals surface area contributed by atoms with Gasteiger partial charge in [0.05, 0.1) is 24.5 Å². The SMILES string of the molecule is Br.O=C1COc2c(C3=CSC4=NCCN34)cc(Cl)cc2N1CCCCCCOc1ccc(Cl)cc1. The summed E-state index contributed by atoms with van der Waals surface area (Å²) in [5.41, 5.74) is 2.70. The minimum atomic E-state index is -0.0370. The molecule has 186 valence electrons. The van der Waals surface area contributed by atoms with E-state index >= 15 is 0 Å². The van der Waals surface area contributed by atoms with Gasteiger partial charge in [-0.25, -0.2) is 0 Å². The fourth-order valence-corrected chi connectivity index (χ4v) is 5.58. The number of halogens is 3. The maximum atomic E-state index is 12.7. The molecular weight excluding hydrogens is 573 g/mol. The van der Waals surface area contributed by atoms with E-state index in [0.29, 0.717) is 23.2 Å². The van der Waals surface area contributed by atoms with E-state index < -0.39 is 0 Å². The fourth-order valence-electron chi connectivity index (χ4n) is 4.29. The van der Waals surface area contributed by atoms with Gasteiger partial charge >= 0.3 is 0 Å². The third-order valence-electron chi connectivity index (χ3n) is 5.97. The highest BCUT2D eigenvalue weighted by Gasteiger charge is 2.33. The lowest BCUT2D eigenvalue weighted by atomic mass is 10.1. The Balaban J connectivity index is 0.00000289. The highest BCUT2D eigenvalue weighted by molar-refractivity contribution is 8.93. The van der Waals surface area contributed by atoms with Crippen LogP contribution in [-0.2, 0) is 4.79 Å². The van der Waals surface area contributed by atoms with Crippen molar-refractivity contribution in [2.45, 2.75) is 25.7 Å². The number of hydrogen-bond donors (Lipinski definition) is 0.